The molecule has 0 aromatic heterocycles. The van der Waals surface area contributed by atoms with Gasteiger partial charge in [0.2, 0.25) is 5.91 Å². The number of benzene rings is 2. The minimum atomic E-state index is -0.898. The first-order valence-electron chi connectivity index (χ1n) is 10.5. The molecule has 2 aromatic rings. The van der Waals surface area contributed by atoms with E-state index in [0.717, 1.165) is 40.0 Å². The third-order valence-electron chi connectivity index (χ3n) is 5.76. The molecule has 2 aliphatic rings. The highest BCUT2D eigenvalue weighted by Crippen LogP contribution is 2.44. The largest absolute Gasteiger partial charge is 0.464 e. The van der Waals surface area contributed by atoms with Crippen molar-refractivity contribution in [3.8, 4) is 11.1 Å². The first kappa shape index (κ1) is 20.1. The van der Waals surface area contributed by atoms with Gasteiger partial charge in [-0.15, -0.1) is 0 Å². The third-order valence-corrected chi connectivity index (χ3v) is 5.76. The summed E-state index contributed by atoms with van der Waals surface area (Å²) >= 11 is 0. The Balaban J connectivity index is 1.46. The van der Waals surface area contributed by atoms with E-state index >= 15 is 0 Å². The average molecular weight is 407 g/mol. The van der Waals surface area contributed by atoms with Gasteiger partial charge in [0.05, 0.1) is 6.61 Å². The van der Waals surface area contributed by atoms with E-state index in [1.165, 1.54) is 0 Å². The second-order valence-electron chi connectivity index (χ2n) is 7.64. The average Bonchev–Trinajstić information content (AvgIpc) is 3.30. The summed E-state index contributed by atoms with van der Waals surface area (Å²) in [4.78, 5) is 38.3. The fourth-order valence-corrected chi connectivity index (χ4v) is 4.21. The minimum absolute atomic E-state index is 0.103. The molecule has 1 aliphatic heterocycles. The maximum absolute atomic E-state index is 12.8. The fraction of sp³-hybridized carbons (Fsp3) is 0.375. The zero-order valence-electron chi connectivity index (χ0n) is 17.0. The number of esters is 1. The van der Waals surface area contributed by atoms with Crippen LogP contribution in [0.5, 0.6) is 0 Å². The molecule has 156 valence electrons. The van der Waals surface area contributed by atoms with Gasteiger partial charge in [0.15, 0.2) is 0 Å². The summed E-state index contributed by atoms with van der Waals surface area (Å²) in [5.74, 6) is -1.04. The standard InChI is InChI=1S/C24H25NO5/c1-2-3-14-29-23(27)21-12-13-22(26)25(21)24(28)30-15-20-18-10-6-4-8-16(18)17-9-5-7-11-19(17)20/h4-11,20-21H,2-3,12-15H2,1H3. The van der Waals surface area contributed by atoms with Gasteiger partial charge in [0, 0.05) is 12.3 Å². The third kappa shape index (κ3) is 3.70. The molecular formula is C24H25NO5. The molecule has 1 atom stereocenters. The number of ether oxygens (including phenoxy) is 2. The van der Waals surface area contributed by atoms with Crippen molar-refractivity contribution in [2.24, 2.45) is 0 Å². The summed E-state index contributed by atoms with van der Waals surface area (Å²) in [5.41, 5.74) is 4.44. The molecule has 1 fully saturated rings. The molecule has 0 spiro atoms. The molecule has 2 aromatic carbocycles. The molecule has 2 amide bonds. The lowest BCUT2D eigenvalue weighted by molar-refractivity contribution is -0.151. The van der Waals surface area contributed by atoms with Crippen molar-refractivity contribution in [1.29, 1.82) is 0 Å². The SMILES string of the molecule is CCCCOC(=O)C1CCC(=O)N1C(=O)OCC1c2ccccc2-c2ccccc21. The molecule has 4 rings (SSSR count). The maximum Gasteiger partial charge on any atom is 0.417 e. The highest BCUT2D eigenvalue weighted by molar-refractivity contribution is 5.99. The van der Waals surface area contributed by atoms with Crippen LogP contribution in [0.25, 0.3) is 11.1 Å². The van der Waals surface area contributed by atoms with E-state index in [1.807, 2.05) is 43.3 Å². The molecule has 1 aliphatic carbocycles. The van der Waals surface area contributed by atoms with E-state index in [-0.39, 0.29) is 25.4 Å². The monoisotopic (exact) mass is 407 g/mol. The fourth-order valence-electron chi connectivity index (χ4n) is 4.21. The van der Waals surface area contributed by atoms with Crippen molar-refractivity contribution in [3.05, 3.63) is 59.7 Å². The number of carbonyl (C=O) groups is 3. The Kier molecular flexibility index (Phi) is 5.84. The van der Waals surface area contributed by atoms with E-state index in [0.29, 0.717) is 6.61 Å². The second kappa shape index (κ2) is 8.69. The molecule has 1 saturated heterocycles. The van der Waals surface area contributed by atoms with Crippen LogP contribution >= 0.6 is 0 Å². The molecule has 0 N–H and O–H groups in total. The van der Waals surface area contributed by atoms with Gasteiger partial charge in [0.1, 0.15) is 12.6 Å². The van der Waals surface area contributed by atoms with E-state index in [4.69, 9.17) is 9.47 Å². The topological polar surface area (TPSA) is 72.9 Å². The summed E-state index contributed by atoms with van der Waals surface area (Å²) in [5, 5.41) is 0. The van der Waals surface area contributed by atoms with Crippen LogP contribution in [0.4, 0.5) is 4.79 Å². The zero-order valence-corrected chi connectivity index (χ0v) is 17.0. The Labute approximate surface area is 175 Å². The van der Waals surface area contributed by atoms with E-state index in [9.17, 15) is 14.4 Å². The summed E-state index contributed by atoms with van der Waals surface area (Å²) in [6.07, 6.45) is 1.27. The lowest BCUT2D eigenvalue weighted by Gasteiger charge is -2.22. The van der Waals surface area contributed by atoms with Gasteiger partial charge >= 0.3 is 12.1 Å². The molecule has 1 heterocycles. The van der Waals surface area contributed by atoms with Crippen molar-refractivity contribution >= 4 is 18.0 Å². The summed E-state index contributed by atoms with van der Waals surface area (Å²) in [7, 11) is 0. The van der Waals surface area contributed by atoms with Crippen LogP contribution in [0.1, 0.15) is 49.7 Å². The molecule has 1 unspecified atom stereocenters. The quantitative estimate of drug-likeness (QED) is 0.528. The van der Waals surface area contributed by atoms with E-state index < -0.39 is 24.0 Å². The Morgan fingerprint density at radius 1 is 1.00 bits per heavy atom. The molecule has 0 bridgehead atoms. The number of hydrogen-bond donors (Lipinski definition) is 0. The van der Waals surface area contributed by atoms with Gasteiger partial charge in [-0.1, -0.05) is 61.9 Å². The number of rotatable bonds is 6. The number of imide groups is 1. The van der Waals surface area contributed by atoms with E-state index in [1.54, 1.807) is 0 Å². The van der Waals surface area contributed by atoms with Crippen molar-refractivity contribution in [1.82, 2.24) is 4.90 Å². The van der Waals surface area contributed by atoms with Crippen molar-refractivity contribution in [2.75, 3.05) is 13.2 Å². The molecule has 6 nitrogen and oxygen atoms in total. The van der Waals surface area contributed by atoms with Crippen LogP contribution in [-0.4, -0.2) is 42.1 Å². The van der Waals surface area contributed by atoms with Crippen LogP contribution in [0.15, 0.2) is 48.5 Å². The van der Waals surface area contributed by atoms with Gasteiger partial charge in [-0.05, 0) is 35.1 Å². The first-order valence-corrected chi connectivity index (χ1v) is 10.5. The summed E-state index contributed by atoms with van der Waals surface area (Å²) in [6.45, 7) is 2.39. The second-order valence-corrected chi connectivity index (χ2v) is 7.64. The van der Waals surface area contributed by atoms with Crippen molar-refractivity contribution in [3.63, 3.8) is 0 Å². The Morgan fingerprint density at radius 3 is 2.27 bits per heavy atom. The predicted molar refractivity (Wildman–Crippen MR) is 111 cm³/mol. The zero-order chi connectivity index (χ0) is 21.1. The first-order chi connectivity index (χ1) is 14.6. The van der Waals surface area contributed by atoms with Crippen LogP contribution in [0.2, 0.25) is 0 Å². The molecular weight excluding hydrogens is 382 g/mol. The van der Waals surface area contributed by atoms with Gasteiger partial charge in [0.25, 0.3) is 0 Å². The number of carbonyl (C=O) groups excluding carboxylic acids is 3. The van der Waals surface area contributed by atoms with Crippen LogP contribution in [0, 0.1) is 0 Å². The molecule has 6 heteroatoms. The van der Waals surface area contributed by atoms with Crippen molar-refractivity contribution < 1.29 is 23.9 Å². The molecule has 30 heavy (non-hydrogen) atoms. The highest BCUT2D eigenvalue weighted by Gasteiger charge is 2.42. The number of hydrogen-bond acceptors (Lipinski definition) is 5. The lowest BCUT2D eigenvalue weighted by Crippen LogP contribution is -2.44. The van der Waals surface area contributed by atoms with Crippen LogP contribution in [-0.2, 0) is 19.1 Å². The van der Waals surface area contributed by atoms with Gasteiger partial charge in [-0.25, -0.2) is 14.5 Å². The Morgan fingerprint density at radius 2 is 1.63 bits per heavy atom. The highest BCUT2D eigenvalue weighted by atomic mass is 16.6. The minimum Gasteiger partial charge on any atom is -0.464 e. The maximum atomic E-state index is 12.8. The number of nitrogens with zero attached hydrogens (tertiary/aromatic N) is 1. The summed E-state index contributed by atoms with van der Waals surface area (Å²) in [6, 6.07) is 15.2. The van der Waals surface area contributed by atoms with Crippen LogP contribution < -0.4 is 0 Å². The number of unbranched alkanes of at least 4 members (excludes halogenated alkanes) is 1. The summed E-state index contributed by atoms with van der Waals surface area (Å²) < 4.78 is 10.8. The van der Waals surface area contributed by atoms with E-state index in [2.05, 4.69) is 12.1 Å². The number of amides is 2. The van der Waals surface area contributed by atoms with Gasteiger partial charge in [-0.2, -0.15) is 0 Å². The smallest absolute Gasteiger partial charge is 0.417 e. The Hall–Kier alpha value is -3.15. The number of likely N-dealkylation sites (tertiary alicyclic amines) is 1. The lowest BCUT2D eigenvalue weighted by atomic mass is 9.98. The van der Waals surface area contributed by atoms with Crippen molar-refractivity contribution in [2.45, 2.75) is 44.6 Å². The molecule has 0 radical (unpaired) electrons. The number of fused-ring (bicyclic) bond motifs is 3. The molecule has 0 saturated carbocycles. The van der Waals surface area contributed by atoms with Crippen LogP contribution in [0.3, 0.4) is 0 Å². The normalized spacial score (nSPS) is 17.6. The predicted octanol–water partition coefficient (Wildman–Crippen LogP) is 4.27. The Bertz CT molecular complexity index is 924. The van der Waals surface area contributed by atoms with Gasteiger partial charge < -0.3 is 9.47 Å². The van der Waals surface area contributed by atoms with Gasteiger partial charge in [-0.3, -0.25) is 4.79 Å².